The lowest BCUT2D eigenvalue weighted by Gasteiger charge is -2.16. The van der Waals surface area contributed by atoms with Gasteiger partial charge in [0.25, 0.3) is 0 Å². The minimum atomic E-state index is -1.10. The van der Waals surface area contributed by atoms with Crippen LogP contribution in [0.3, 0.4) is 0 Å². The van der Waals surface area contributed by atoms with Crippen molar-refractivity contribution in [2.45, 2.75) is 26.9 Å². The van der Waals surface area contributed by atoms with Crippen LogP contribution in [-0.2, 0) is 13.1 Å². The maximum absolute atomic E-state index is 11.8. The number of benzene rings is 1. The maximum atomic E-state index is 11.8. The van der Waals surface area contributed by atoms with Gasteiger partial charge in [-0.05, 0) is 38.1 Å². The number of hydrogen-bond acceptors (Lipinski definition) is 5. The van der Waals surface area contributed by atoms with Crippen molar-refractivity contribution in [2.24, 2.45) is 0 Å². The van der Waals surface area contributed by atoms with E-state index in [1.165, 1.54) is 0 Å². The molecule has 3 rings (SSSR count). The Morgan fingerprint density at radius 1 is 1.35 bits per heavy atom. The third kappa shape index (κ3) is 3.30. The fraction of sp³-hybridized carbons (Fsp3) is 0.278. The second kappa shape index (κ2) is 7.21. The van der Waals surface area contributed by atoms with Crippen LogP contribution in [0.15, 0.2) is 35.0 Å². The molecule has 0 aliphatic rings. The van der Waals surface area contributed by atoms with Gasteiger partial charge in [-0.2, -0.15) is 5.10 Å². The number of rotatable bonds is 6. The van der Waals surface area contributed by atoms with E-state index in [4.69, 9.17) is 16.1 Å². The predicted octanol–water partition coefficient (Wildman–Crippen LogP) is 3.85. The summed E-state index contributed by atoms with van der Waals surface area (Å²) in [5.41, 5.74) is 2.67. The summed E-state index contributed by atoms with van der Waals surface area (Å²) in [4.78, 5) is 13.6. The van der Waals surface area contributed by atoms with Crippen LogP contribution in [0.2, 0.25) is 5.02 Å². The molecular weight excluding hydrogens is 356 g/mol. The zero-order valence-corrected chi connectivity index (χ0v) is 15.5. The van der Waals surface area contributed by atoms with E-state index >= 15 is 0 Å². The van der Waals surface area contributed by atoms with E-state index in [9.17, 15) is 9.90 Å². The van der Waals surface area contributed by atoms with Crippen LogP contribution < -0.4 is 4.90 Å². The molecule has 0 aliphatic carbocycles. The van der Waals surface area contributed by atoms with Gasteiger partial charge in [0.1, 0.15) is 0 Å². The van der Waals surface area contributed by atoms with Gasteiger partial charge in [0.05, 0.1) is 6.20 Å². The van der Waals surface area contributed by atoms with Crippen molar-refractivity contribution in [3.8, 4) is 11.3 Å². The molecule has 136 valence electrons. The largest absolute Gasteiger partial charge is 0.477 e. The molecule has 0 unspecified atom stereocenters. The number of carboxylic acid groups (broad SMARTS) is 1. The van der Waals surface area contributed by atoms with E-state index in [2.05, 4.69) is 10.3 Å². The first-order valence-corrected chi connectivity index (χ1v) is 8.51. The van der Waals surface area contributed by atoms with Crippen LogP contribution in [0.4, 0.5) is 5.82 Å². The zero-order valence-electron chi connectivity index (χ0n) is 14.7. The number of halogens is 1. The van der Waals surface area contributed by atoms with Gasteiger partial charge in [-0.1, -0.05) is 16.8 Å². The average molecular weight is 375 g/mol. The molecule has 0 atom stereocenters. The molecule has 3 aromatic rings. The Morgan fingerprint density at radius 3 is 2.62 bits per heavy atom. The van der Waals surface area contributed by atoms with E-state index in [0.29, 0.717) is 17.1 Å². The zero-order chi connectivity index (χ0) is 18.8. The number of aryl methyl sites for hydroxylation is 1. The highest BCUT2D eigenvalue weighted by molar-refractivity contribution is 6.30. The Hall–Kier alpha value is -2.80. The molecule has 0 spiro atoms. The minimum absolute atomic E-state index is 0.0235. The van der Waals surface area contributed by atoms with Gasteiger partial charge in [0, 0.05) is 42.0 Å². The summed E-state index contributed by atoms with van der Waals surface area (Å²) in [6.45, 7) is 5.26. The Kier molecular flexibility index (Phi) is 4.99. The van der Waals surface area contributed by atoms with Crippen molar-refractivity contribution in [1.29, 1.82) is 0 Å². The van der Waals surface area contributed by atoms with Crippen LogP contribution in [0.1, 0.15) is 28.5 Å². The summed E-state index contributed by atoms with van der Waals surface area (Å²) in [5, 5.41) is 18.6. The number of aromatic carboxylic acids is 1. The fourth-order valence-corrected chi connectivity index (χ4v) is 2.95. The Morgan fingerprint density at radius 2 is 2.04 bits per heavy atom. The number of aromatic nitrogens is 3. The van der Waals surface area contributed by atoms with Gasteiger partial charge in [-0.3, -0.25) is 4.68 Å². The lowest BCUT2D eigenvalue weighted by atomic mass is 10.1. The molecule has 2 aromatic heterocycles. The lowest BCUT2D eigenvalue weighted by molar-refractivity contribution is 0.0698. The van der Waals surface area contributed by atoms with Crippen LogP contribution in [0, 0.1) is 6.92 Å². The van der Waals surface area contributed by atoms with Gasteiger partial charge in [-0.15, -0.1) is 0 Å². The number of nitrogens with zero attached hydrogens (tertiary/aromatic N) is 4. The topological polar surface area (TPSA) is 84.4 Å². The van der Waals surface area contributed by atoms with Gasteiger partial charge in [0.15, 0.2) is 17.1 Å². The molecule has 0 aliphatic heterocycles. The number of anilines is 1. The van der Waals surface area contributed by atoms with E-state index in [1.807, 2.05) is 18.5 Å². The quantitative estimate of drug-likeness (QED) is 0.705. The van der Waals surface area contributed by atoms with Crippen molar-refractivity contribution >= 4 is 23.4 Å². The van der Waals surface area contributed by atoms with Crippen molar-refractivity contribution in [2.75, 3.05) is 11.9 Å². The first-order chi connectivity index (χ1) is 12.4. The summed E-state index contributed by atoms with van der Waals surface area (Å²) in [7, 11) is 1.78. The number of carboxylic acids is 1. The highest BCUT2D eigenvalue weighted by Gasteiger charge is 2.26. The molecule has 0 bridgehead atoms. The van der Waals surface area contributed by atoms with E-state index < -0.39 is 5.97 Å². The van der Waals surface area contributed by atoms with Crippen molar-refractivity contribution in [3.63, 3.8) is 0 Å². The third-order valence-electron chi connectivity index (χ3n) is 4.27. The highest BCUT2D eigenvalue weighted by atomic mass is 35.5. The fourth-order valence-electron chi connectivity index (χ4n) is 2.82. The molecule has 2 heterocycles. The highest BCUT2D eigenvalue weighted by Crippen LogP contribution is 2.32. The second-order valence-electron chi connectivity index (χ2n) is 5.95. The summed E-state index contributed by atoms with van der Waals surface area (Å²) in [6, 6.07) is 6.76. The Balaban J connectivity index is 1.95. The van der Waals surface area contributed by atoms with E-state index in [0.717, 1.165) is 17.8 Å². The standard InChI is InChI=1S/C18H19ClN4O3/c1-4-23-11(2)13(9-20-23)10-22(3)17-15(18(24)25)16(26-21-17)12-5-7-14(19)8-6-12/h5-9H,4,10H2,1-3H3,(H,24,25). The average Bonchev–Trinajstić information content (AvgIpc) is 3.20. The van der Waals surface area contributed by atoms with E-state index in [-0.39, 0.29) is 17.1 Å². The number of carbonyl (C=O) groups is 1. The van der Waals surface area contributed by atoms with Crippen LogP contribution in [0.5, 0.6) is 0 Å². The van der Waals surface area contributed by atoms with Crippen LogP contribution in [0.25, 0.3) is 11.3 Å². The van der Waals surface area contributed by atoms with Gasteiger partial charge in [0.2, 0.25) is 0 Å². The maximum Gasteiger partial charge on any atom is 0.343 e. The second-order valence-corrected chi connectivity index (χ2v) is 6.39. The first kappa shape index (κ1) is 18.0. The molecule has 0 saturated heterocycles. The first-order valence-electron chi connectivity index (χ1n) is 8.13. The van der Waals surface area contributed by atoms with Crippen molar-refractivity contribution < 1.29 is 14.4 Å². The Bertz CT molecular complexity index is 931. The molecule has 7 nitrogen and oxygen atoms in total. The van der Waals surface area contributed by atoms with Crippen LogP contribution >= 0.6 is 11.6 Å². The number of hydrogen-bond donors (Lipinski definition) is 1. The van der Waals surface area contributed by atoms with Gasteiger partial charge in [-0.25, -0.2) is 4.79 Å². The third-order valence-corrected chi connectivity index (χ3v) is 4.52. The molecule has 26 heavy (non-hydrogen) atoms. The van der Waals surface area contributed by atoms with Crippen LogP contribution in [-0.4, -0.2) is 33.1 Å². The molecule has 1 N–H and O–H groups in total. The molecule has 1 aromatic carbocycles. The molecular formula is C18H19ClN4O3. The lowest BCUT2D eigenvalue weighted by Crippen LogP contribution is -2.20. The van der Waals surface area contributed by atoms with Gasteiger partial charge < -0.3 is 14.5 Å². The normalized spacial score (nSPS) is 10.9. The minimum Gasteiger partial charge on any atom is -0.477 e. The van der Waals surface area contributed by atoms with E-state index in [1.54, 1.807) is 42.4 Å². The van der Waals surface area contributed by atoms with Crippen molar-refractivity contribution in [1.82, 2.24) is 14.9 Å². The molecule has 0 amide bonds. The van der Waals surface area contributed by atoms with Gasteiger partial charge >= 0.3 is 5.97 Å². The monoisotopic (exact) mass is 374 g/mol. The summed E-state index contributed by atoms with van der Waals surface area (Å²) >= 11 is 5.90. The summed E-state index contributed by atoms with van der Waals surface area (Å²) in [6.07, 6.45) is 1.79. The smallest absolute Gasteiger partial charge is 0.343 e. The van der Waals surface area contributed by atoms with Crippen molar-refractivity contribution in [3.05, 3.63) is 52.3 Å². The molecule has 8 heteroatoms. The Labute approximate surface area is 155 Å². The molecule has 0 saturated carbocycles. The molecule has 0 fully saturated rings. The SMILES string of the molecule is CCn1ncc(CN(C)c2noc(-c3ccc(Cl)cc3)c2C(=O)O)c1C. The summed E-state index contributed by atoms with van der Waals surface area (Å²) in [5.74, 6) is -0.623. The summed E-state index contributed by atoms with van der Waals surface area (Å²) < 4.78 is 7.25. The molecule has 0 radical (unpaired) electrons. The predicted molar refractivity (Wildman–Crippen MR) is 98.7 cm³/mol.